The molecule has 0 amide bonds. The van der Waals surface area contributed by atoms with Gasteiger partial charge >= 0.3 is 0 Å². The fraction of sp³-hybridized carbons (Fsp3) is 0.333. The molecule has 32 heavy (non-hydrogen) atoms. The zero-order valence-corrected chi connectivity index (χ0v) is 18.2. The van der Waals surface area contributed by atoms with Gasteiger partial charge in [0.1, 0.15) is 11.6 Å². The van der Waals surface area contributed by atoms with Crippen LogP contribution in [0.25, 0.3) is 0 Å². The minimum Gasteiger partial charge on any atom is -0.493 e. The second-order valence-corrected chi connectivity index (χ2v) is 8.93. The predicted octanol–water partition coefficient (Wildman–Crippen LogP) is 5.40. The van der Waals surface area contributed by atoms with Gasteiger partial charge in [0.05, 0.1) is 18.2 Å². The second-order valence-electron chi connectivity index (χ2n) is 8.93. The maximum Gasteiger partial charge on any atom is 0.162 e. The summed E-state index contributed by atoms with van der Waals surface area (Å²) in [6.45, 7) is 3.76. The first-order valence-corrected chi connectivity index (χ1v) is 11.3. The number of Topliss-reactive ketones (excluding diaryl/α,β-unsaturated/α-hetero) is 1. The van der Waals surface area contributed by atoms with Crippen LogP contribution in [0.2, 0.25) is 0 Å². The molecule has 0 unspecified atom stereocenters. The Kier molecular flexibility index (Phi) is 5.75. The SMILES string of the molecule is CC(=O)c1cc(C2CC2)c(OCC2CN([C@H](c3ccccc3)c3cccnc3)C2)cc1F. The van der Waals surface area contributed by atoms with Crippen molar-refractivity contribution in [2.75, 3.05) is 19.7 Å². The first-order chi connectivity index (χ1) is 15.6. The van der Waals surface area contributed by atoms with Crippen molar-refractivity contribution >= 4 is 5.78 Å². The Balaban J connectivity index is 1.27. The van der Waals surface area contributed by atoms with Crippen molar-refractivity contribution in [3.8, 4) is 5.75 Å². The number of pyridine rings is 1. The number of nitrogens with zero attached hydrogens (tertiary/aromatic N) is 2. The molecule has 164 valence electrons. The number of rotatable bonds is 8. The molecular weight excluding hydrogens is 403 g/mol. The number of carbonyl (C=O) groups is 1. The summed E-state index contributed by atoms with van der Waals surface area (Å²) in [6, 6.07) is 17.8. The zero-order valence-electron chi connectivity index (χ0n) is 18.2. The monoisotopic (exact) mass is 430 g/mol. The Morgan fingerprint density at radius 3 is 2.53 bits per heavy atom. The minimum absolute atomic E-state index is 0.162. The van der Waals surface area contributed by atoms with Gasteiger partial charge in [-0.2, -0.15) is 0 Å². The fourth-order valence-corrected chi connectivity index (χ4v) is 4.60. The third-order valence-electron chi connectivity index (χ3n) is 6.44. The largest absolute Gasteiger partial charge is 0.493 e. The summed E-state index contributed by atoms with van der Waals surface area (Å²) < 4.78 is 20.5. The average Bonchev–Trinajstić information content (AvgIpc) is 3.61. The van der Waals surface area contributed by atoms with E-state index in [1.807, 2.05) is 18.3 Å². The molecule has 3 aromatic rings. The molecule has 1 aliphatic carbocycles. The van der Waals surface area contributed by atoms with E-state index in [-0.39, 0.29) is 17.4 Å². The van der Waals surface area contributed by atoms with E-state index in [9.17, 15) is 9.18 Å². The summed E-state index contributed by atoms with van der Waals surface area (Å²) in [5.74, 6) is 0.622. The molecule has 1 atom stereocenters. The van der Waals surface area contributed by atoms with E-state index in [1.165, 1.54) is 24.1 Å². The van der Waals surface area contributed by atoms with E-state index in [1.54, 1.807) is 12.3 Å². The highest BCUT2D eigenvalue weighted by atomic mass is 19.1. The van der Waals surface area contributed by atoms with Crippen molar-refractivity contribution in [3.63, 3.8) is 0 Å². The van der Waals surface area contributed by atoms with Crippen molar-refractivity contribution in [1.29, 1.82) is 0 Å². The molecule has 2 heterocycles. The number of ketones is 1. The molecule has 2 fully saturated rings. The lowest BCUT2D eigenvalue weighted by molar-refractivity contribution is 0.0374. The van der Waals surface area contributed by atoms with Gasteiger partial charge in [-0.05, 0) is 54.5 Å². The Morgan fingerprint density at radius 1 is 1.12 bits per heavy atom. The average molecular weight is 431 g/mol. The molecule has 2 aliphatic rings. The van der Waals surface area contributed by atoms with Crippen molar-refractivity contribution in [2.45, 2.75) is 31.7 Å². The van der Waals surface area contributed by atoms with Crippen LogP contribution < -0.4 is 4.74 Å². The quantitative estimate of drug-likeness (QED) is 0.449. The van der Waals surface area contributed by atoms with Crippen LogP contribution in [0.1, 0.15) is 58.8 Å². The lowest BCUT2D eigenvalue weighted by Crippen LogP contribution is -2.51. The normalized spacial score (nSPS) is 17.6. The van der Waals surface area contributed by atoms with Crippen LogP contribution in [0.15, 0.2) is 67.0 Å². The van der Waals surface area contributed by atoms with E-state index in [0.29, 0.717) is 24.2 Å². The van der Waals surface area contributed by atoms with E-state index < -0.39 is 5.82 Å². The summed E-state index contributed by atoms with van der Waals surface area (Å²) in [5, 5.41) is 0. The highest BCUT2D eigenvalue weighted by Gasteiger charge is 2.35. The standard InChI is InChI=1S/C27H27FN2O2/c1-18(31)23-12-24(20-9-10-20)26(13-25(23)28)32-17-19-15-30(16-19)27(21-6-3-2-4-7-21)22-8-5-11-29-14-22/h2-8,11-14,19-20,27H,9-10,15-17H2,1H3/t27-/m1/s1. The summed E-state index contributed by atoms with van der Waals surface area (Å²) >= 11 is 0. The Labute approximate surface area is 188 Å². The number of halogens is 1. The van der Waals surface area contributed by atoms with Gasteiger partial charge in [-0.3, -0.25) is 14.7 Å². The molecule has 1 saturated carbocycles. The lowest BCUT2D eigenvalue weighted by Gasteiger charge is -2.44. The third kappa shape index (κ3) is 4.30. The van der Waals surface area contributed by atoms with Gasteiger partial charge in [0.25, 0.3) is 0 Å². The van der Waals surface area contributed by atoms with Gasteiger partial charge in [0.15, 0.2) is 5.78 Å². The topological polar surface area (TPSA) is 42.4 Å². The highest BCUT2D eigenvalue weighted by Crippen LogP contribution is 2.45. The molecule has 1 saturated heterocycles. The van der Waals surface area contributed by atoms with Crippen molar-refractivity contribution < 1.29 is 13.9 Å². The van der Waals surface area contributed by atoms with Crippen molar-refractivity contribution in [3.05, 3.63) is 95.1 Å². The first kappa shape index (κ1) is 20.8. The summed E-state index contributed by atoms with van der Waals surface area (Å²) in [5.41, 5.74) is 3.57. The van der Waals surface area contributed by atoms with Crippen LogP contribution in [0, 0.1) is 11.7 Å². The number of ether oxygens (including phenoxy) is 1. The molecule has 5 rings (SSSR count). The molecule has 0 bridgehead atoms. The fourth-order valence-electron chi connectivity index (χ4n) is 4.60. The minimum atomic E-state index is -0.493. The van der Waals surface area contributed by atoms with Gasteiger partial charge in [-0.25, -0.2) is 4.39 Å². The van der Waals surface area contributed by atoms with Crippen LogP contribution >= 0.6 is 0 Å². The van der Waals surface area contributed by atoms with Crippen LogP contribution in [-0.2, 0) is 0 Å². The van der Waals surface area contributed by atoms with Gasteiger partial charge in [-0.1, -0.05) is 36.4 Å². The number of aromatic nitrogens is 1. The molecule has 1 aliphatic heterocycles. The molecular formula is C27H27FN2O2. The summed E-state index contributed by atoms with van der Waals surface area (Å²) in [7, 11) is 0. The lowest BCUT2D eigenvalue weighted by atomic mass is 9.91. The number of hydrogen-bond acceptors (Lipinski definition) is 4. The molecule has 5 heteroatoms. The van der Waals surface area contributed by atoms with E-state index in [0.717, 1.165) is 31.5 Å². The van der Waals surface area contributed by atoms with Crippen molar-refractivity contribution in [1.82, 2.24) is 9.88 Å². The summed E-state index contributed by atoms with van der Waals surface area (Å²) in [6.07, 6.45) is 5.87. The molecule has 0 radical (unpaired) electrons. The second kappa shape index (κ2) is 8.83. The Morgan fingerprint density at radius 2 is 1.88 bits per heavy atom. The molecule has 0 spiro atoms. The van der Waals surface area contributed by atoms with Crippen LogP contribution in [0.3, 0.4) is 0 Å². The Bertz CT molecular complexity index is 1050. The maximum absolute atomic E-state index is 14.4. The molecule has 4 nitrogen and oxygen atoms in total. The van der Waals surface area contributed by atoms with E-state index in [2.05, 4.69) is 40.2 Å². The number of carbonyl (C=O) groups excluding carboxylic acids is 1. The Hall–Kier alpha value is -3.05. The van der Waals surface area contributed by atoms with Gasteiger partial charge in [0, 0.05) is 37.5 Å². The zero-order chi connectivity index (χ0) is 22.1. The van der Waals surface area contributed by atoms with E-state index in [4.69, 9.17) is 4.74 Å². The van der Waals surface area contributed by atoms with Crippen LogP contribution in [0.5, 0.6) is 5.75 Å². The van der Waals surface area contributed by atoms with Crippen molar-refractivity contribution in [2.24, 2.45) is 5.92 Å². The first-order valence-electron chi connectivity index (χ1n) is 11.3. The highest BCUT2D eigenvalue weighted by molar-refractivity contribution is 5.94. The van der Waals surface area contributed by atoms with E-state index >= 15 is 0 Å². The number of benzene rings is 2. The predicted molar refractivity (Wildman–Crippen MR) is 121 cm³/mol. The number of hydrogen-bond donors (Lipinski definition) is 0. The molecule has 0 N–H and O–H groups in total. The molecule has 1 aromatic heterocycles. The van der Waals surface area contributed by atoms with Gasteiger partial charge in [-0.15, -0.1) is 0 Å². The maximum atomic E-state index is 14.4. The third-order valence-corrected chi connectivity index (χ3v) is 6.44. The van der Waals surface area contributed by atoms with Crippen LogP contribution in [0.4, 0.5) is 4.39 Å². The smallest absolute Gasteiger partial charge is 0.162 e. The van der Waals surface area contributed by atoms with Crippen LogP contribution in [-0.4, -0.2) is 35.4 Å². The van der Waals surface area contributed by atoms with Gasteiger partial charge < -0.3 is 4.74 Å². The number of likely N-dealkylation sites (tertiary alicyclic amines) is 1. The van der Waals surface area contributed by atoms with Gasteiger partial charge in [0.2, 0.25) is 0 Å². The molecule has 2 aromatic carbocycles. The summed E-state index contributed by atoms with van der Waals surface area (Å²) in [4.78, 5) is 18.5.